The normalized spacial score (nSPS) is 15.5. The maximum absolute atomic E-state index is 12.7. The molecule has 11 heteroatoms. The van der Waals surface area contributed by atoms with E-state index >= 15 is 0 Å². The molecular weight excluding hydrogens is 450 g/mol. The highest BCUT2D eigenvalue weighted by Crippen LogP contribution is 2.36. The molecule has 0 fully saturated rings. The number of hydrogen-bond donors (Lipinski definition) is 0. The van der Waals surface area contributed by atoms with E-state index in [1.54, 1.807) is 30.3 Å². The molecule has 0 radical (unpaired) electrons. The molecule has 1 aliphatic heterocycles. The van der Waals surface area contributed by atoms with Crippen LogP contribution in [0.25, 0.3) is 10.4 Å². The van der Waals surface area contributed by atoms with Crippen molar-refractivity contribution in [1.29, 1.82) is 0 Å². The summed E-state index contributed by atoms with van der Waals surface area (Å²) in [4.78, 5) is 2.95. The molecule has 0 aliphatic carbocycles. The van der Waals surface area contributed by atoms with Crippen LogP contribution in [0, 0.1) is 6.92 Å². The third-order valence-corrected chi connectivity index (χ3v) is 6.89. The Hall–Kier alpha value is -2.56. The zero-order valence-electron chi connectivity index (χ0n) is 18.5. The van der Waals surface area contributed by atoms with E-state index < -0.39 is 30.6 Å². The average molecular weight is 478 g/mol. The fourth-order valence-corrected chi connectivity index (χ4v) is 5.15. The topological polar surface area (TPSA) is 120 Å². The lowest BCUT2D eigenvalue weighted by Crippen LogP contribution is -2.35. The van der Waals surface area contributed by atoms with Gasteiger partial charge < -0.3 is 13.9 Å². The van der Waals surface area contributed by atoms with E-state index in [2.05, 4.69) is 10.0 Å². The van der Waals surface area contributed by atoms with E-state index in [1.807, 2.05) is 26.6 Å². The Morgan fingerprint density at radius 3 is 2.38 bits per heavy atom. The Bertz CT molecular complexity index is 1100. The Morgan fingerprint density at radius 2 is 1.75 bits per heavy atom. The number of hydrogen-bond acceptors (Lipinski definition) is 7. The van der Waals surface area contributed by atoms with Crippen molar-refractivity contribution in [3.05, 3.63) is 64.0 Å². The van der Waals surface area contributed by atoms with Crippen LogP contribution in [0.3, 0.4) is 0 Å². The molecule has 2 atom stereocenters. The summed E-state index contributed by atoms with van der Waals surface area (Å²) in [6, 6.07) is 10.7. The molecule has 1 aliphatic rings. The SMILES string of the molecule is Cc1ccc(S(=O)(=O)OCC(N=[N+]=[N-])C(O[Si](C)(C)C)c2ccc3c(c2)OCCO3)cc1. The molecule has 2 aromatic carbocycles. The molecule has 172 valence electrons. The second kappa shape index (κ2) is 9.93. The monoisotopic (exact) mass is 477 g/mol. The van der Waals surface area contributed by atoms with Crippen LogP contribution in [0.5, 0.6) is 11.5 Å². The van der Waals surface area contributed by atoms with Gasteiger partial charge in [-0.1, -0.05) is 28.9 Å². The average Bonchev–Trinajstić information content (AvgIpc) is 2.74. The van der Waals surface area contributed by atoms with Gasteiger partial charge in [0.05, 0.1) is 23.6 Å². The summed E-state index contributed by atoms with van der Waals surface area (Å²) >= 11 is 0. The molecule has 3 rings (SSSR count). The van der Waals surface area contributed by atoms with Gasteiger partial charge in [-0.2, -0.15) is 8.42 Å². The predicted octanol–water partition coefficient (Wildman–Crippen LogP) is 4.74. The van der Waals surface area contributed by atoms with Gasteiger partial charge in [0.25, 0.3) is 10.1 Å². The van der Waals surface area contributed by atoms with Gasteiger partial charge in [0, 0.05) is 4.91 Å². The largest absolute Gasteiger partial charge is 0.486 e. The quantitative estimate of drug-likeness (QED) is 0.169. The summed E-state index contributed by atoms with van der Waals surface area (Å²) in [6.07, 6.45) is -0.721. The predicted molar refractivity (Wildman–Crippen MR) is 122 cm³/mol. The first-order valence-electron chi connectivity index (χ1n) is 10.2. The molecule has 0 aromatic heterocycles. The van der Waals surface area contributed by atoms with E-state index in [1.165, 1.54) is 12.1 Å². The third kappa shape index (κ3) is 6.24. The Morgan fingerprint density at radius 1 is 1.09 bits per heavy atom. The van der Waals surface area contributed by atoms with Gasteiger partial charge in [0.1, 0.15) is 13.2 Å². The molecule has 0 spiro atoms. The van der Waals surface area contributed by atoms with Gasteiger partial charge >= 0.3 is 0 Å². The maximum atomic E-state index is 12.7. The van der Waals surface area contributed by atoms with Crippen molar-refractivity contribution in [2.45, 2.75) is 43.6 Å². The van der Waals surface area contributed by atoms with E-state index in [0.717, 1.165) is 5.56 Å². The fourth-order valence-electron chi connectivity index (χ4n) is 3.17. The highest BCUT2D eigenvalue weighted by atomic mass is 32.2. The lowest BCUT2D eigenvalue weighted by atomic mass is 10.0. The Balaban J connectivity index is 1.89. The van der Waals surface area contributed by atoms with Crippen molar-refractivity contribution < 1.29 is 26.5 Å². The van der Waals surface area contributed by atoms with Crippen LogP contribution in [0.4, 0.5) is 0 Å². The molecule has 0 saturated carbocycles. The molecule has 0 amide bonds. The van der Waals surface area contributed by atoms with Gasteiger partial charge in [0.15, 0.2) is 19.8 Å². The van der Waals surface area contributed by atoms with Gasteiger partial charge in [-0.15, -0.1) is 0 Å². The molecule has 2 unspecified atom stereocenters. The van der Waals surface area contributed by atoms with Crippen molar-refractivity contribution in [2.24, 2.45) is 5.11 Å². The number of rotatable bonds is 9. The number of ether oxygens (including phenoxy) is 2. The minimum atomic E-state index is -4.04. The molecule has 9 nitrogen and oxygen atoms in total. The van der Waals surface area contributed by atoms with Crippen molar-refractivity contribution in [3.8, 4) is 11.5 Å². The summed E-state index contributed by atoms with van der Waals surface area (Å²) in [5, 5.41) is 3.82. The summed E-state index contributed by atoms with van der Waals surface area (Å²) in [5.41, 5.74) is 10.8. The van der Waals surface area contributed by atoms with Crippen LogP contribution in [0.1, 0.15) is 17.2 Å². The second-order valence-electron chi connectivity index (χ2n) is 8.38. The Labute approximate surface area is 189 Å². The molecule has 0 N–H and O–H groups in total. The minimum Gasteiger partial charge on any atom is -0.486 e. The zero-order chi connectivity index (χ0) is 23.4. The standard InChI is InChI=1S/C21H27N3O6SSi/c1-15-5-8-17(9-6-15)31(25,26)29-14-18(23-24-22)21(30-32(2,3)4)16-7-10-19-20(13-16)28-12-11-27-19/h5-10,13,18,21H,11-12,14H2,1-4H3. The molecule has 0 bridgehead atoms. The lowest BCUT2D eigenvalue weighted by molar-refractivity contribution is 0.132. The number of nitrogens with zero attached hydrogens (tertiary/aromatic N) is 3. The number of aryl methyl sites for hydroxylation is 1. The van der Waals surface area contributed by atoms with Gasteiger partial charge in [-0.3, -0.25) is 4.18 Å². The van der Waals surface area contributed by atoms with E-state index in [0.29, 0.717) is 30.3 Å². The number of fused-ring (bicyclic) bond motifs is 1. The second-order valence-corrected chi connectivity index (χ2v) is 14.5. The van der Waals surface area contributed by atoms with Gasteiger partial charge in [-0.25, -0.2) is 0 Å². The van der Waals surface area contributed by atoms with E-state index in [4.69, 9.17) is 23.6 Å². The van der Waals surface area contributed by atoms with Crippen LogP contribution in [0.15, 0.2) is 52.5 Å². The van der Waals surface area contributed by atoms with Gasteiger partial charge in [-0.05, 0) is 61.9 Å². The highest BCUT2D eigenvalue weighted by molar-refractivity contribution is 7.86. The minimum absolute atomic E-state index is 0.0322. The molecule has 1 heterocycles. The zero-order valence-corrected chi connectivity index (χ0v) is 20.3. The van der Waals surface area contributed by atoms with Crippen molar-refractivity contribution >= 4 is 18.4 Å². The molecule has 2 aromatic rings. The van der Waals surface area contributed by atoms with E-state index in [9.17, 15) is 8.42 Å². The van der Waals surface area contributed by atoms with Crippen molar-refractivity contribution in [1.82, 2.24) is 0 Å². The first kappa shape index (κ1) is 24.1. The lowest BCUT2D eigenvalue weighted by Gasteiger charge is -2.31. The number of benzene rings is 2. The third-order valence-electron chi connectivity index (χ3n) is 4.63. The summed E-state index contributed by atoms with van der Waals surface area (Å²) in [7, 11) is -6.17. The molecular formula is C21H27N3O6SSi. The van der Waals surface area contributed by atoms with Gasteiger partial charge in [0.2, 0.25) is 0 Å². The van der Waals surface area contributed by atoms with E-state index in [-0.39, 0.29) is 11.5 Å². The first-order valence-corrected chi connectivity index (χ1v) is 15.0. The van der Waals surface area contributed by atoms with Crippen LogP contribution in [-0.2, 0) is 18.7 Å². The van der Waals surface area contributed by atoms with Crippen LogP contribution >= 0.6 is 0 Å². The highest BCUT2D eigenvalue weighted by Gasteiger charge is 2.32. The van der Waals surface area contributed by atoms with Crippen LogP contribution in [-0.4, -0.2) is 42.6 Å². The smallest absolute Gasteiger partial charge is 0.296 e. The molecule has 0 saturated heterocycles. The Kier molecular flexibility index (Phi) is 7.47. The van der Waals surface area contributed by atoms with Crippen molar-refractivity contribution in [3.63, 3.8) is 0 Å². The first-order chi connectivity index (χ1) is 15.1. The van der Waals surface area contributed by atoms with Crippen LogP contribution < -0.4 is 9.47 Å². The fraction of sp³-hybridized carbons (Fsp3) is 0.429. The summed E-state index contributed by atoms with van der Waals surface area (Å²) < 4.78 is 48.2. The van der Waals surface area contributed by atoms with Crippen molar-refractivity contribution in [2.75, 3.05) is 19.8 Å². The van der Waals surface area contributed by atoms with Crippen LogP contribution in [0.2, 0.25) is 19.6 Å². The summed E-state index contributed by atoms with van der Waals surface area (Å²) in [5.74, 6) is 1.18. The number of azide groups is 1. The maximum Gasteiger partial charge on any atom is 0.296 e. The summed E-state index contributed by atoms with van der Waals surface area (Å²) in [6.45, 7) is 8.37. The molecule has 32 heavy (non-hydrogen) atoms.